The van der Waals surface area contributed by atoms with Crippen LogP contribution in [0.15, 0.2) is 25.7 Å². The lowest BCUT2D eigenvalue weighted by Crippen LogP contribution is -1.76. The van der Waals surface area contributed by atoms with E-state index in [1.807, 2.05) is 13.0 Å². The molecule has 5 heteroatoms. The molecule has 2 aromatic heterocycles. The van der Waals surface area contributed by atoms with Gasteiger partial charge in [-0.15, -0.1) is 0 Å². The lowest BCUT2D eigenvalue weighted by Gasteiger charge is -1.88. The monoisotopic (exact) mass is 242 g/mol. The third-order valence-corrected chi connectivity index (χ3v) is 2.04. The Labute approximate surface area is 82.8 Å². The summed E-state index contributed by atoms with van der Waals surface area (Å²) in [5.74, 6) is 0.953. The van der Waals surface area contributed by atoms with Crippen LogP contribution in [0.2, 0.25) is 0 Å². The summed E-state index contributed by atoms with van der Waals surface area (Å²) in [6.07, 6.45) is 0. The van der Waals surface area contributed by atoms with Crippen molar-refractivity contribution in [1.29, 1.82) is 0 Å². The minimum absolute atomic E-state index is 0.280. The van der Waals surface area contributed by atoms with Gasteiger partial charge in [-0.05, 0) is 34.5 Å². The topological polar surface area (TPSA) is 65.2 Å². The van der Waals surface area contributed by atoms with Gasteiger partial charge in [-0.1, -0.05) is 5.16 Å². The molecule has 2 N–H and O–H groups in total. The van der Waals surface area contributed by atoms with Crippen LogP contribution in [0.4, 0.5) is 5.88 Å². The number of nitrogen functional groups attached to an aromatic ring is 1. The van der Waals surface area contributed by atoms with Crippen LogP contribution < -0.4 is 5.73 Å². The number of hydrogen-bond donors (Lipinski definition) is 1. The summed E-state index contributed by atoms with van der Waals surface area (Å²) in [7, 11) is 0. The van der Waals surface area contributed by atoms with Crippen LogP contribution in [-0.2, 0) is 0 Å². The minimum atomic E-state index is 0.280. The highest BCUT2D eigenvalue weighted by molar-refractivity contribution is 9.10. The molecule has 0 fully saturated rings. The van der Waals surface area contributed by atoms with Crippen molar-refractivity contribution in [1.82, 2.24) is 5.16 Å². The first-order valence-corrected chi connectivity index (χ1v) is 4.44. The number of nitrogens with zero attached hydrogens (tertiary/aromatic N) is 1. The molecule has 0 bridgehead atoms. The van der Waals surface area contributed by atoms with Crippen molar-refractivity contribution in [3.63, 3.8) is 0 Å². The van der Waals surface area contributed by atoms with Crippen LogP contribution in [0.3, 0.4) is 0 Å². The van der Waals surface area contributed by atoms with Crippen molar-refractivity contribution in [2.24, 2.45) is 0 Å². The van der Waals surface area contributed by atoms with Gasteiger partial charge in [-0.2, -0.15) is 0 Å². The molecule has 0 unspecified atom stereocenters. The first-order chi connectivity index (χ1) is 6.16. The van der Waals surface area contributed by atoms with Crippen LogP contribution >= 0.6 is 15.9 Å². The predicted molar refractivity (Wildman–Crippen MR) is 51.1 cm³/mol. The summed E-state index contributed by atoms with van der Waals surface area (Å²) in [4.78, 5) is 0. The second-order valence-electron chi connectivity index (χ2n) is 2.68. The quantitative estimate of drug-likeness (QED) is 0.835. The molecule has 0 aliphatic rings. The molecule has 2 rings (SSSR count). The first-order valence-electron chi connectivity index (χ1n) is 3.65. The second-order valence-corrected chi connectivity index (χ2v) is 3.46. The molecular weight excluding hydrogens is 236 g/mol. The summed E-state index contributed by atoms with van der Waals surface area (Å²) in [6, 6.07) is 3.48. The molecule has 4 nitrogen and oxygen atoms in total. The van der Waals surface area contributed by atoms with E-state index in [0.717, 1.165) is 5.56 Å². The fourth-order valence-corrected chi connectivity index (χ4v) is 1.60. The third kappa shape index (κ3) is 1.47. The molecule has 2 heterocycles. The van der Waals surface area contributed by atoms with Crippen LogP contribution in [0.1, 0.15) is 5.56 Å². The third-order valence-electron chi connectivity index (χ3n) is 1.65. The fourth-order valence-electron chi connectivity index (χ4n) is 1.09. The number of anilines is 1. The molecule has 0 atom stereocenters. The van der Waals surface area contributed by atoms with E-state index in [4.69, 9.17) is 14.7 Å². The summed E-state index contributed by atoms with van der Waals surface area (Å²) in [5.41, 5.74) is 6.99. The maximum atomic E-state index is 5.39. The Kier molecular flexibility index (Phi) is 1.88. The van der Waals surface area contributed by atoms with Crippen molar-refractivity contribution >= 4 is 21.8 Å². The average molecular weight is 243 g/mol. The number of rotatable bonds is 1. The van der Waals surface area contributed by atoms with Crippen molar-refractivity contribution in [2.75, 3.05) is 5.73 Å². The van der Waals surface area contributed by atoms with Crippen LogP contribution in [0, 0.1) is 6.92 Å². The Morgan fingerprint density at radius 1 is 1.46 bits per heavy atom. The molecule has 0 amide bonds. The smallest absolute Gasteiger partial charge is 0.222 e. The summed E-state index contributed by atoms with van der Waals surface area (Å²) < 4.78 is 10.8. The average Bonchev–Trinajstić information content (AvgIpc) is 2.58. The molecule has 0 spiro atoms. The highest BCUT2D eigenvalue weighted by Gasteiger charge is 2.12. The summed E-state index contributed by atoms with van der Waals surface area (Å²) in [5, 5.41) is 3.75. The molecular formula is C8H7BrN2O2. The van der Waals surface area contributed by atoms with Crippen molar-refractivity contribution in [2.45, 2.75) is 6.92 Å². The SMILES string of the molecule is Cc1cc(Br)oc1-c1cc(N)on1. The van der Waals surface area contributed by atoms with Crippen LogP contribution in [0.25, 0.3) is 11.5 Å². The van der Waals surface area contributed by atoms with Gasteiger partial charge in [0.25, 0.3) is 0 Å². The van der Waals surface area contributed by atoms with E-state index >= 15 is 0 Å². The zero-order valence-corrected chi connectivity index (χ0v) is 8.46. The summed E-state index contributed by atoms with van der Waals surface area (Å²) >= 11 is 3.23. The molecule has 0 radical (unpaired) electrons. The van der Waals surface area contributed by atoms with Crippen molar-refractivity contribution in [3.05, 3.63) is 22.4 Å². The van der Waals surface area contributed by atoms with E-state index in [2.05, 4.69) is 21.1 Å². The van der Waals surface area contributed by atoms with Gasteiger partial charge in [-0.3, -0.25) is 0 Å². The van der Waals surface area contributed by atoms with Gasteiger partial charge in [-0.25, -0.2) is 0 Å². The molecule has 13 heavy (non-hydrogen) atoms. The molecule has 68 valence electrons. The van der Waals surface area contributed by atoms with Crippen molar-refractivity contribution < 1.29 is 8.94 Å². The number of nitrogens with two attached hydrogens (primary N) is 1. The predicted octanol–water partition coefficient (Wildman–Crippen LogP) is 2.59. The van der Waals surface area contributed by atoms with E-state index in [-0.39, 0.29) is 5.88 Å². The van der Waals surface area contributed by atoms with Crippen molar-refractivity contribution in [3.8, 4) is 11.5 Å². The van der Waals surface area contributed by atoms with Gasteiger partial charge in [0.15, 0.2) is 16.1 Å². The van der Waals surface area contributed by atoms with E-state index in [9.17, 15) is 0 Å². The molecule has 2 aromatic rings. The van der Waals surface area contributed by atoms with Gasteiger partial charge in [0.1, 0.15) is 0 Å². The van der Waals surface area contributed by atoms with E-state index in [1.165, 1.54) is 0 Å². The summed E-state index contributed by atoms with van der Waals surface area (Å²) in [6.45, 7) is 1.93. The number of hydrogen-bond acceptors (Lipinski definition) is 4. The minimum Gasteiger partial charge on any atom is -0.447 e. The highest BCUT2D eigenvalue weighted by atomic mass is 79.9. The molecule has 0 aromatic carbocycles. The Morgan fingerprint density at radius 2 is 2.23 bits per heavy atom. The Hall–Kier alpha value is -1.23. The van der Waals surface area contributed by atoms with E-state index in [1.54, 1.807) is 6.07 Å². The number of furan rings is 1. The zero-order chi connectivity index (χ0) is 9.42. The number of halogens is 1. The van der Waals surface area contributed by atoms with Gasteiger partial charge in [0, 0.05) is 6.07 Å². The van der Waals surface area contributed by atoms with Gasteiger partial charge in [0.05, 0.1) is 0 Å². The van der Waals surface area contributed by atoms with Gasteiger partial charge in [0.2, 0.25) is 5.88 Å². The lowest BCUT2D eigenvalue weighted by atomic mass is 10.2. The second kappa shape index (κ2) is 2.92. The largest absolute Gasteiger partial charge is 0.447 e. The molecule has 0 aliphatic carbocycles. The van der Waals surface area contributed by atoms with E-state index in [0.29, 0.717) is 16.1 Å². The van der Waals surface area contributed by atoms with Crippen LogP contribution in [0.5, 0.6) is 0 Å². The lowest BCUT2D eigenvalue weighted by molar-refractivity contribution is 0.435. The Balaban J connectivity index is 2.51. The van der Waals surface area contributed by atoms with E-state index < -0.39 is 0 Å². The highest BCUT2D eigenvalue weighted by Crippen LogP contribution is 2.29. The van der Waals surface area contributed by atoms with Gasteiger partial charge >= 0.3 is 0 Å². The molecule has 0 aliphatic heterocycles. The number of aromatic nitrogens is 1. The Morgan fingerprint density at radius 3 is 2.69 bits per heavy atom. The normalized spacial score (nSPS) is 10.6. The fraction of sp³-hybridized carbons (Fsp3) is 0.125. The standard InChI is InChI=1S/C8H7BrN2O2/c1-4-2-6(9)12-8(4)5-3-7(10)13-11-5/h2-3H,10H2,1H3. The maximum Gasteiger partial charge on any atom is 0.222 e. The van der Waals surface area contributed by atoms with Crippen LogP contribution in [-0.4, -0.2) is 5.16 Å². The maximum absolute atomic E-state index is 5.39. The first kappa shape index (κ1) is 8.37. The molecule has 0 saturated carbocycles. The zero-order valence-electron chi connectivity index (χ0n) is 6.87. The molecule has 0 saturated heterocycles. The Bertz CT molecular complexity index is 433. The van der Waals surface area contributed by atoms with Gasteiger partial charge < -0.3 is 14.7 Å². The number of aryl methyl sites for hydroxylation is 1.